The Morgan fingerprint density at radius 1 is 1.00 bits per heavy atom. The Morgan fingerprint density at radius 2 is 1.73 bits per heavy atom. The summed E-state index contributed by atoms with van der Waals surface area (Å²) in [6.07, 6.45) is 11.1. The second kappa shape index (κ2) is 8.59. The van der Waals surface area contributed by atoms with Crippen molar-refractivity contribution in [2.75, 3.05) is 7.11 Å². The summed E-state index contributed by atoms with van der Waals surface area (Å²) in [4.78, 5) is 12.9. The van der Waals surface area contributed by atoms with Crippen LogP contribution >= 0.6 is 0 Å². The van der Waals surface area contributed by atoms with E-state index in [1.165, 1.54) is 44.9 Å². The van der Waals surface area contributed by atoms with Gasteiger partial charge in [-0.05, 0) is 137 Å². The molecule has 0 saturated heterocycles. The van der Waals surface area contributed by atoms with E-state index < -0.39 is 5.60 Å². The van der Waals surface area contributed by atoms with E-state index in [-0.39, 0.29) is 11.9 Å². The average Bonchev–Trinajstić information content (AvgIpc) is 3.15. The Hall–Kier alpha value is -1.55. The SMILES string of the molecule is COc1ccc(C(=O)N[C@@H](C)C2CC[C@H]3[C@@H]4CC[C@@H]5C[C@](C)(O)CC[C@@H]5[C@H]4CC[C@]23C)cc1. The third kappa shape index (κ3) is 4.11. The van der Waals surface area contributed by atoms with E-state index in [4.69, 9.17) is 4.74 Å². The van der Waals surface area contributed by atoms with Gasteiger partial charge < -0.3 is 15.2 Å². The Kier molecular flexibility index (Phi) is 6.04. The summed E-state index contributed by atoms with van der Waals surface area (Å²) in [6, 6.07) is 7.60. The van der Waals surface area contributed by atoms with Gasteiger partial charge in [0, 0.05) is 11.6 Å². The van der Waals surface area contributed by atoms with Gasteiger partial charge in [0.25, 0.3) is 5.91 Å². The number of methoxy groups -OCH3 is 1. The Balaban J connectivity index is 1.26. The van der Waals surface area contributed by atoms with Crippen molar-refractivity contribution in [2.45, 2.75) is 90.2 Å². The molecule has 0 spiro atoms. The number of aliphatic hydroxyl groups is 1. The van der Waals surface area contributed by atoms with Crippen molar-refractivity contribution in [3.05, 3.63) is 29.8 Å². The highest BCUT2D eigenvalue weighted by molar-refractivity contribution is 5.94. The maximum absolute atomic E-state index is 12.9. The molecule has 4 heteroatoms. The summed E-state index contributed by atoms with van der Waals surface area (Å²) in [7, 11) is 1.65. The summed E-state index contributed by atoms with van der Waals surface area (Å²) >= 11 is 0. The highest BCUT2D eigenvalue weighted by atomic mass is 16.5. The normalized spacial score (nSPS) is 43.1. The molecule has 182 valence electrons. The van der Waals surface area contributed by atoms with Crippen LogP contribution in [0.15, 0.2) is 24.3 Å². The number of hydrogen-bond acceptors (Lipinski definition) is 3. The summed E-state index contributed by atoms with van der Waals surface area (Å²) in [6.45, 7) is 6.82. The monoisotopic (exact) mass is 453 g/mol. The van der Waals surface area contributed by atoms with Gasteiger partial charge in [-0.3, -0.25) is 4.79 Å². The lowest BCUT2D eigenvalue weighted by atomic mass is 9.49. The minimum atomic E-state index is -0.437. The lowest BCUT2D eigenvalue weighted by Crippen LogP contribution is -2.52. The van der Waals surface area contributed by atoms with E-state index in [9.17, 15) is 9.90 Å². The molecule has 1 amide bonds. The molecule has 0 radical (unpaired) electrons. The van der Waals surface area contributed by atoms with Crippen LogP contribution in [0.5, 0.6) is 5.75 Å². The first-order valence-electron chi connectivity index (χ1n) is 13.4. The van der Waals surface area contributed by atoms with E-state index in [0.717, 1.165) is 48.2 Å². The smallest absolute Gasteiger partial charge is 0.251 e. The van der Waals surface area contributed by atoms with Gasteiger partial charge in [-0.15, -0.1) is 0 Å². The predicted molar refractivity (Wildman–Crippen MR) is 131 cm³/mol. The molecule has 0 bridgehead atoms. The fourth-order valence-corrected chi connectivity index (χ4v) is 9.08. The number of ether oxygens (including phenoxy) is 1. The number of hydrogen-bond donors (Lipinski definition) is 2. The van der Waals surface area contributed by atoms with Crippen LogP contribution in [0.25, 0.3) is 0 Å². The zero-order chi connectivity index (χ0) is 23.4. The van der Waals surface area contributed by atoms with Crippen molar-refractivity contribution >= 4 is 5.91 Å². The van der Waals surface area contributed by atoms with Crippen molar-refractivity contribution in [2.24, 2.45) is 40.9 Å². The van der Waals surface area contributed by atoms with E-state index >= 15 is 0 Å². The van der Waals surface area contributed by atoms with Gasteiger partial charge in [0.2, 0.25) is 0 Å². The molecule has 4 aliphatic carbocycles. The van der Waals surface area contributed by atoms with Gasteiger partial charge in [0.1, 0.15) is 5.75 Å². The molecule has 1 unspecified atom stereocenters. The molecule has 4 fully saturated rings. The van der Waals surface area contributed by atoms with Gasteiger partial charge in [0.15, 0.2) is 0 Å². The van der Waals surface area contributed by atoms with E-state index in [0.29, 0.717) is 16.9 Å². The number of rotatable bonds is 4. The zero-order valence-electron chi connectivity index (χ0n) is 21.0. The quantitative estimate of drug-likeness (QED) is 0.603. The minimum Gasteiger partial charge on any atom is -0.497 e. The first-order chi connectivity index (χ1) is 15.7. The van der Waals surface area contributed by atoms with Crippen LogP contribution in [0.2, 0.25) is 0 Å². The molecule has 0 aromatic heterocycles. The van der Waals surface area contributed by atoms with Crippen LogP contribution in [-0.2, 0) is 0 Å². The standard InChI is InChI=1S/C29H43NO3/c1-18(30-27(31)19-5-8-21(33-4)9-6-19)25-11-12-26-24-10-7-20-17-28(2,32)15-13-22(20)23(24)14-16-29(25,26)3/h5-6,8-9,18,20,22-26,32H,7,10-17H2,1-4H3,(H,30,31)/t18-,20+,22-,23+,24+,25?,26-,28+,29+/m0/s1. The lowest BCUT2D eigenvalue weighted by molar-refractivity contribution is -0.101. The summed E-state index contributed by atoms with van der Waals surface area (Å²) in [5.41, 5.74) is 0.603. The predicted octanol–water partition coefficient (Wildman–Crippen LogP) is 5.83. The average molecular weight is 454 g/mol. The topological polar surface area (TPSA) is 58.6 Å². The number of nitrogens with one attached hydrogen (secondary N) is 1. The van der Waals surface area contributed by atoms with Crippen molar-refractivity contribution in [1.82, 2.24) is 5.32 Å². The molecule has 1 aromatic carbocycles. The van der Waals surface area contributed by atoms with Crippen LogP contribution in [0.3, 0.4) is 0 Å². The highest BCUT2D eigenvalue weighted by Crippen LogP contribution is 2.65. The second-order valence-electron chi connectivity index (χ2n) is 12.4. The van der Waals surface area contributed by atoms with Crippen LogP contribution in [-0.4, -0.2) is 29.8 Å². The molecule has 5 rings (SSSR count). The van der Waals surface area contributed by atoms with Gasteiger partial charge in [-0.2, -0.15) is 0 Å². The van der Waals surface area contributed by atoms with Gasteiger partial charge in [0.05, 0.1) is 12.7 Å². The van der Waals surface area contributed by atoms with E-state index in [1.807, 2.05) is 24.3 Å². The number of benzene rings is 1. The first kappa shape index (κ1) is 23.2. The maximum atomic E-state index is 12.9. The van der Waals surface area contributed by atoms with Crippen LogP contribution in [0.4, 0.5) is 0 Å². The molecule has 33 heavy (non-hydrogen) atoms. The number of carbonyl (C=O) groups is 1. The fraction of sp³-hybridized carbons (Fsp3) is 0.759. The van der Waals surface area contributed by atoms with E-state index in [1.54, 1.807) is 7.11 Å². The molecule has 2 N–H and O–H groups in total. The zero-order valence-corrected chi connectivity index (χ0v) is 21.0. The van der Waals surface area contributed by atoms with Crippen LogP contribution < -0.4 is 10.1 Å². The highest BCUT2D eigenvalue weighted by Gasteiger charge is 2.58. The molecule has 1 aromatic rings. The number of carbonyl (C=O) groups excluding carboxylic acids is 1. The number of amides is 1. The molecule has 9 atom stereocenters. The molecule has 4 aliphatic rings. The fourth-order valence-electron chi connectivity index (χ4n) is 9.08. The molecule has 4 nitrogen and oxygen atoms in total. The maximum Gasteiger partial charge on any atom is 0.251 e. The molecule has 4 saturated carbocycles. The molecular weight excluding hydrogens is 410 g/mol. The Bertz CT molecular complexity index is 864. The van der Waals surface area contributed by atoms with Gasteiger partial charge >= 0.3 is 0 Å². The Morgan fingerprint density at radius 3 is 2.45 bits per heavy atom. The second-order valence-corrected chi connectivity index (χ2v) is 12.4. The van der Waals surface area contributed by atoms with Gasteiger partial charge in [-0.1, -0.05) is 6.92 Å². The third-order valence-corrected chi connectivity index (χ3v) is 10.6. The van der Waals surface area contributed by atoms with Crippen LogP contribution in [0, 0.1) is 40.9 Å². The van der Waals surface area contributed by atoms with Crippen LogP contribution in [0.1, 0.15) is 88.9 Å². The molecular formula is C29H43NO3. The molecule has 0 heterocycles. The molecule has 0 aliphatic heterocycles. The van der Waals surface area contributed by atoms with Crippen molar-refractivity contribution in [3.8, 4) is 5.75 Å². The van der Waals surface area contributed by atoms with E-state index in [2.05, 4.69) is 26.1 Å². The van der Waals surface area contributed by atoms with Gasteiger partial charge in [-0.25, -0.2) is 0 Å². The summed E-state index contributed by atoms with van der Waals surface area (Å²) in [5.74, 6) is 5.43. The largest absolute Gasteiger partial charge is 0.497 e. The summed E-state index contributed by atoms with van der Waals surface area (Å²) < 4.78 is 5.23. The summed E-state index contributed by atoms with van der Waals surface area (Å²) in [5, 5.41) is 14.0. The third-order valence-electron chi connectivity index (χ3n) is 10.6. The minimum absolute atomic E-state index is 0.0284. The van der Waals surface area contributed by atoms with Crippen molar-refractivity contribution < 1.29 is 14.6 Å². The number of fused-ring (bicyclic) bond motifs is 5. The lowest BCUT2D eigenvalue weighted by Gasteiger charge is -2.57. The Labute approximate surface area is 199 Å². The first-order valence-corrected chi connectivity index (χ1v) is 13.4. The van der Waals surface area contributed by atoms with Crippen molar-refractivity contribution in [3.63, 3.8) is 0 Å². The van der Waals surface area contributed by atoms with Crippen molar-refractivity contribution in [1.29, 1.82) is 0 Å².